The van der Waals surface area contributed by atoms with Gasteiger partial charge in [-0.2, -0.15) is 0 Å². The van der Waals surface area contributed by atoms with E-state index in [0.29, 0.717) is 10.7 Å². The third kappa shape index (κ3) is 2.20. The number of nitrogens with zero attached hydrogens (tertiary/aromatic N) is 1. The van der Waals surface area contributed by atoms with E-state index in [1.165, 1.54) is 10.9 Å². The van der Waals surface area contributed by atoms with E-state index in [4.69, 9.17) is 0 Å². The van der Waals surface area contributed by atoms with Gasteiger partial charge >= 0.3 is 0 Å². The molecule has 0 bridgehead atoms. The maximum Gasteiger partial charge on any atom is 0.0702 e. The van der Waals surface area contributed by atoms with E-state index in [2.05, 4.69) is 46.9 Å². The summed E-state index contributed by atoms with van der Waals surface area (Å²) >= 11 is 3.70. The summed E-state index contributed by atoms with van der Waals surface area (Å²) < 4.78 is 0. The van der Waals surface area contributed by atoms with Crippen molar-refractivity contribution in [1.82, 2.24) is 4.98 Å². The third-order valence-corrected chi connectivity index (χ3v) is 4.10. The van der Waals surface area contributed by atoms with E-state index in [9.17, 15) is 0 Å². The molecular formula is C13H14BrN. The maximum atomic E-state index is 4.45. The molecule has 2 heteroatoms. The van der Waals surface area contributed by atoms with Crippen LogP contribution in [0.4, 0.5) is 0 Å². The van der Waals surface area contributed by atoms with Crippen molar-refractivity contribution in [1.29, 1.82) is 0 Å². The lowest BCUT2D eigenvalue weighted by Crippen LogP contribution is -1.99. The second-order valence-corrected chi connectivity index (χ2v) is 5.09. The average molecular weight is 264 g/mol. The van der Waals surface area contributed by atoms with Crippen molar-refractivity contribution in [3.63, 3.8) is 0 Å². The van der Waals surface area contributed by atoms with E-state index in [-0.39, 0.29) is 0 Å². The van der Waals surface area contributed by atoms with Gasteiger partial charge in [-0.1, -0.05) is 48.0 Å². The van der Waals surface area contributed by atoms with Crippen molar-refractivity contribution in [2.24, 2.45) is 5.92 Å². The highest BCUT2D eigenvalue weighted by Gasteiger charge is 2.12. The van der Waals surface area contributed by atoms with Gasteiger partial charge < -0.3 is 0 Å². The smallest absolute Gasteiger partial charge is 0.0702 e. The minimum atomic E-state index is 0.384. The molecule has 0 amide bonds. The van der Waals surface area contributed by atoms with E-state index in [0.717, 1.165) is 5.52 Å². The van der Waals surface area contributed by atoms with Crippen LogP contribution < -0.4 is 0 Å². The molecular weight excluding hydrogens is 250 g/mol. The van der Waals surface area contributed by atoms with Gasteiger partial charge in [-0.3, -0.25) is 4.98 Å². The molecule has 1 atom stereocenters. The number of benzene rings is 1. The lowest BCUT2D eigenvalue weighted by atomic mass is 10.0. The molecule has 0 saturated heterocycles. The van der Waals surface area contributed by atoms with Crippen LogP contribution in [-0.2, 0) is 0 Å². The van der Waals surface area contributed by atoms with Crippen LogP contribution in [0, 0.1) is 5.92 Å². The molecule has 0 aliphatic heterocycles. The topological polar surface area (TPSA) is 12.9 Å². The normalized spacial score (nSPS) is 13.3. The predicted octanol–water partition coefficient (Wildman–Crippen LogP) is 4.33. The van der Waals surface area contributed by atoms with Crippen molar-refractivity contribution in [3.8, 4) is 0 Å². The minimum absolute atomic E-state index is 0.384. The zero-order valence-electron chi connectivity index (χ0n) is 8.94. The number of halogens is 1. The highest BCUT2D eigenvalue weighted by molar-refractivity contribution is 9.09. The Bertz CT molecular complexity index is 465. The summed E-state index contributed by atoms with van der Waals surface area (Å²) in [6, 6.07) is 10.4. The zero-order chi connectivity index (χ0) is 10.8. The summed E-state index contributed by atoms with van der Waals surface area (Å²) in [5, 5.41) is 1.21. The maximum absolute atomic E-state index is 4.45. The van der Waals surface area contributed by atoms with Gasteiger partial charge in [-0.05, 0) is 23.6 Å². The van der Waals surface area contributed by atoms with Crippen LogP contribution in [0.3, 0.4) is 0 Å². The summed E-state index contributed by atoms with van der Waals surface area (Å²) in [6.07, 6.45) is 1.96. The predicted molar refractivity (Wildman–Crippen MR) is 68.2 cm³/mol. The van der Waals surface area contributed by atoms with Crippen molar-refractivity contribution < 1.29 is 0 Å². The number of hydrogen-bond acceptors (Lipinski definition) is 1. The van der Waals surface area contributed by atoms with E-state index >= 15 is 0 Å². The van der Waals surface area contributed by atoms with Crippen LogP contribution in [0.25, 0.3) is 10.9 Å². The fourth-order valence-corrected chi connectivity index (χ4v) is 1.87. The van der Waals surface area contributed by atoms with Crippen LogP contribution in [0.2, 0.25) is 0 Å². The Kier molecular flexibility index (Phi) is 3.06. The molecule has 1 aromatic carbocycles. The number of alkyl halides is 1. The van der Waals surface area contributed by atoms with Crippen molar-refractivity contribution in [2.45, 2.75) is 18.7 Å². The summed E-state index contributed by atoms with van der Waals surface area (Å²) in [6.45, 7) is 4.41. The molecule has 0 aliphatic rings. The monoisotopic (exact) mass is 263 g/mol. The quantitative estimate of drug-likeness (QED) is 0.736. The van der Waals surface area contributed by atoms with E-state index in [1.807, 2.05) is 24.4 Å². The second-order valence-electron chi connectivity index (χ2n) is 4.11. The molecule has 1 nitrogen and oxygen atoms in total. The number of rotatable bonds is 2. The minimum Gasteiger partial charge on any atom is -0.256 e. The first kappa shape index (κ1) is 10.6. The Hall–Kier alpha value is -0.890. The summed E-state index contributed by atoms with van der Waals surface area (Å²) in [7, 11) is 0. The number of fused-ring (bicyclic) bond motifs is 1. The van der Waals surface area contributed by atoms with Crippen molar-refractivity contribution in [2.75, 3.05) is 0 Å². The van der Waals surface area contributed by atoms with Crippen LogP contribution in [-0.4, -0.2) is 4.98 Å². The highest BCUT2D eigenvalue weighted by atomic mass is 79.9. The molecule has 0 radical (unpaired) electrons. The lowest BCUT2D eigenvalue weighted by Gasteiger charge is -2.14. The number of aromatic nitrogens is 1. The molecule has 78 valence electrons. The average Bonchev–Trinajstić information content (AvgIpc) is 2.27. The fraction of sp³-hybridized carbons (Fsp3) is 0.308. The van der Waals surface area contributed by atoms with Crippen molar-refractivity contribution >= 4 is 26.8 Å². The molecule has 1 unspecified atom stereocenters. The molecule has 0 spiro atoms. The Labute approximate surface area is 98.7 Å². The molecule has 0 N–H and O–H groups in total. The largest absolute Gasteiger partial charge is 0.256 e. The number of hydrogen-bond donors (Lipinski definition) is 0. The molecule has 1 heterocycles. The van der Waals surface area contributed by atoms with Crippen LogP contribution in [0.5, 0.6) is 0 Å². The van der Waals surface area contributed by atoms with Crippen LogP contribution in [0.15, 0.2) is 36.5 Å². The van der Waals surface area contributed by atoms with Crippen LogP contribution in [0.1, 0.15) is 24.2 Å². The molecule has 0 saturated carbocycles. The molecule has 0 aliphatic carbocycles. The third-order valence-electron chi connectivity index (χ3n) is 2.52. The standard InChI is InChI=1S/C13H14BrN/c1-9(2)13(14)11-7-10-5-3-4-6-12(10)15-8-11/h3-9,13H,1-2H3. The zero-order valence-corrected chi connectivity index (χ0v) is 10.5. The Morgan fingerprint density at radius 1 is 1.20 bits per heavy atom. The molecule has 1 aromatic heterocycles. The number of pyridine rings is 1. The first-order chi connectivity index (χ1) is 7.18. The highest BCUT2D eigenvalue weighted by Crippen LogP contribution is 2.31. The van der Waals surface area contributed by atoms with Gasteiger partial charge in [0.2, 0.25) is 0 Å². The summed E-state index contributed by atoms with van der Waals surface area (Å²) in [4.78, 5) is 4.84. The van der Waals surface area contributed by atoms with Gasteiger partial charge in [0.15, 0.2) is 0 Å². The second kappa shape index (κ2) is 4.31. The first-order valence-corrected chi connectivity index (χ1v) is 6.09. The molecule has 0 fully saturated rings. The van der Waals surface area contributed by atoms with Gasteiger partial charge in [0.05, 0.1) is 5.52 Å². The fourth-order valence-electron chi connectivity index (χ4n) is 1.62. The van der Waals surface area contributed by atoms with E-state index in [1.54, 1.807) is 0 Å². The Balaban J connectivity index is 2.47. The van der Waals surface area contributed by atoms with Gasteiger partial charge in [0.25, 0.3) is 0 Å². The van der Waals surface area contributed by atoms with Gasteiger partial charge in [-0.25, -0.2) is 0 Å². The lowest BCUT2D eigenvalue weighted by molar-refractivity contribution is 0.640. The van der Waals surface area contributed by atoms with Gasteiger partial charge in [-0.15, -0.1) is 0 Å². The SMILES string of the molecule is CC(C)C(Br)c1cnc2ccccc2c1. The Morgan fingerprint density at radius 3 is 2.67 bits per heavy atom. The molecule has 2 aromatic rings. The van der Waals surface area contributed by atoms with Gasteiger partial charge in [0, 0.05) is 16.4 Å². The first-order valence-electron chi connectivity index (χ1n) is 5.17. The summed E-state index contributed by atoms with van der Waals surface area (Å²) in [5.41, 5.74) is 2.31. The van der Waals surface area contributed by atoms with E-state index < -0.39 is 0 Å². The van der Waals surface area contributed by atoms with Gasteiger partial charge in [0.1, 0.15) is 0 Å². The summed E-state index contributed by atoms with van der Waals surface area (Å²) in [5.74, 6) is 0.577. The van der Waals surface area contributed by atoms with Crippen molar-refractivity contribution in [3.05, 3.63) is 42.1 Å². The molecule has 2 rings (SSSR count). The van der Waals surface area contributed by atoms with Crippen LogP contribution >= 0.6 is 15.9 Å². The number of para-hydroxylation sites is 1. The Morgan fingerprint density at radius 2 is 1.93 bits per heavy atom. The molecule has 15 heavy (non-hydrogen) atoms.